The first kappa shape index (κ1) is 7.75. The van der Waals surface area contributed by atoms with Gasteiger partial charge in [0.15, 0.2) is 6.10 Å². The summed E-state index contributed by atoms with van der Waals surface area (Å²) in [5.74, 6) is -0.976. The number of aliphatic hydroxyl groups excluding tert-OH is 1. The Hall–Kier alpha value is -1.35. The van der Waals surface area contributed by atoms with Crippen LogP contribution in [-0.2, 0) is 4.79 Å². The number of hydrogen-bond acceptors (Lipinski definition) is 2. The van der Waals surface area contributed by atoms with Gasteiger partial charge in [-0.1, -0.05) is 30.3 Å². The van der Waals surface area contributed by atoms with E-state index < -0.39 is 12.0 Å². The fourth-order valence-corrected chi connectivity index (χ4v) is 0.787. The molecular formula is C8H8NO2. The SMILES string of the molecule is [NH]C(=O)[C@@H](O)c1ccccc1. The molecule has 0 aliphatic carbocycles. The monoisotopic (exact) mass is 150 g/mol. The molecule has 3 heteroatoms. The van der Waals surface area contributed by atoms with Gasteiger partial charge in [-0.2, -0.15) is 0 Å². The standard InChI is InChI=1S/C8H8NO2/c9-8(11)7(10)6-4-2-1-3-5-6/h1-5,7,9-10H/t7-/m0/s1. The molecule has 0 aliphatic rings. The minimum Gasteiger partial charge on any atom is -0.378 e. The van der Waals surface area contributed by atoms with Crippen molar-refractivity contribution in [1.29, 1.82) is 0 Å². The molecule has 0 bridgehead atoms. The third-order valence-electron chi connectivity index (χ3n) is 1.36. The Kier molecular flexibility index (Phi) is 2.23. The van der Waals surface area contributed by atoms with E-state index in [0.717, 1.165) is 0 Å². The number of carbonyl (C=O) groups excluding carboxylic acids is 1. The van der Waals surface area contributed by atoms with Gasteiger partial charge in [0, 0.05) is 0 Å². The Morgan fingerprint density at radius 2 is 1.91 bits per heavy atom. The molecule has 1 amide bonds. The predicted molar refractivity (Wildman–Crippen MR) is 39.5 cm³/mol. The Labute approximate surface area is 64.5 Å². The van der Waals surface area contributed by atoms with E-state index >= 15 is 0 Å². The van der Waals surface area contributed by atoms with Crippen molar-refractivity contribution in [2.45, 2.75) is 6.10 Å². The lowest BCUT2D eigenvalue weighted by Gasteiger charge is -2.03. The third kappa shape index (κ3) is 1.78. The van der Waals surface area contributed by atoms with Gasteiger partial charge in [0.1, 0.15) is 0 Å². The van der Waals surface area contributed by atoms with Crippen LogP contribution < -0.4 is 5.73 Å². The minimum absolute atomic E-state index is 0.465. The van der Waals surface area contributed by atoms with Crippen molar-refractivity contribution in [3.63, 3.8) is 0 Å². The summed E-state index contributed by atoms with van der Waals surface area (Å²) in [6.45, 7) is 0. The molecule has 0 fully saturated rings. The number of rotatable bonds is 2. The van der Waals surface area contributed by atoms with Crippen LogP contribution in [0.5, 0.6) is 0 Å². The van der Waals surface area contributed by atoms with E-state index in [4.69, 9.17) is 10.8 Å². The maximum Gasteiger partial charge on any atom is 0.271 e. The van der Waals surface area contributed by atoms with Gasteiger partial charge in [-0.15, -0.1) is 0 Å². The van der Waals surface area contributed by atoms with E-state index in [2.05, 4.69) is 0 Å². The van der Waals surface area contributed by atoms with Crippen molar-refractivity contribution in [3.8, 4) is 0 Å². The fourth-order valence-electron chi connectivity index (χ4n) is 0.787. The van der Waals surface area contributed by atoms with Crippen LogP contribution in [-0.4, -0.2) is 11.0 Å². The molecule has 0 saturated heterocycles. The van der Waals surface area contributed by atoms with E-state index in [9.17, 15) is 4.79 Å². The normalized spacial score (nSPS) is 12.5. The van der Waals surface area contributed by atoms with E-state index in [-0.39, 0.29) is 0 Å². The van der Waals surface area contributed by atoms with Crippen molar-refractivity contribution in [2.75, 3.05) is 0 Å². The molecule has 57 valence electrons. The van der Waals surface area contributed by atoms with Crippen molar-refractivity contribution in [3.05, 3.63) is 35.9 Å². The summed E-state index contributed by atoms with van der Waals surface area (Å²) in [6.07, 6.45) is -1.30. The Bertz CT molecular complexity index is 246. The fraction of sp³-hybridized carbons (Fsp3) is 0.125. The van der Waals surface area contributed by atoms with Crippen LogP contribution in [0.3, 0.4) is 0 Å². The van der Waals surface area contributed by atoms with Crippen LogP contribution >= 0.6 is 0 Å². The number of aliphatic hydroxyl groups is 1. The van der Waals surface area contributed by atoms with Crippen LogP contribution in [0.4, 0.5) is 0 Å². The summed E-state index contributed by atoms with van der Waals surface area (Å²) in [5, 5.41) is 9.06. The zero-order valence-electron chi connectivity index (χ0n) is 5.82. The summed E-state index contributed by atoms with van der Waals surface area (Å²) in [7, 11) is 0. The zero-order valence-corrected chi connectivity index (χ0v) is 5.82. The highest BCUT2D eigenvalue weighted by atomic mass is 16.3. The topological polar surface area (TPSA) is 61.1 Å². The molecule has 1 rings (SSSR count). The highest BCUT2D eigenvalue weighted by molar-refractivity contribution is 5.79. The minimum atomic E-state index is -1.30. The largest absolute Gasteiger partial charge is 0.378 e. The summed E-state index contributed by atoms with van der Waals surface area (Å²) >= 11 is 0. The van der Waals surface area contributed by atoms with E-state index in [1.54, 1.807) is 30.3 Å². The molecule has 0 saturated carbocycles. The molecule has 1 atom stereocenters. The second kappa shape index (κ2) is 3.16. The van der Waals surface area contributed by atoms with Gasteiger partial charge in [0.2, 0.25) is 0 Å². The predicted octanol–water partition coefficient (Wildman–Crippen LogP) is 0.529. The Morgan fingerprint density at radius 3 is 2.36 bits per heavy atom. The van der Waals surface area contributed by atoms with Crippen LogP contribution in [0.2, 0.25) is 0 Å². The molecule has 11 heavy (non-hydrogen) atoms. The average Bonchev–Trinajstić information content (AvgIpc) is 2.05. The van der Waals surface area contributed by atoms with E-state index in [1.165, 1.54) is 0 Å². The van der Waals surface area contributed by atoms with Crippen LogP contribution in [0.25, 0.3) is 0 Å². The van der Waals surface area contributed by atoms with Crippen molar-refractivity contribution >= 4 is 5.91 Å². The van der Waals surface area contributed by atoms with Gasteiger partial charge in [-0.05, 0) is 5.56 Å². The lowest BCUT2D eigenvalue weighted by Crippen LogP contribution is -2.11. The van der Waals surface area contributed by atoms with Gasteiger partial charge in [0.05, 0.1) is 0 Å². The second-order valence-corrected chi connectivity index (χ2v) is 2.18. The molecule has 0 heterocycles. The van der Waals surface area contributed by atoms with E-state index in [1.807, 2.05) is 0 Å². The first-order chi connectivity index (χ1) is 5.22. The molecule has 3 nitrogen and oxygen atoms in total. The highest BCUT2D eigenvalue weighted by Gasteiger charge is 2.12. The Balaban J connectivity index is 2.85. The molecule has 2 N–H and O–H groups in total. The number of benzene rings is 1. The van der Waals surface area contributed by atoms with Crippen molar-refractivity contribution in [2.24, 2.45) is 0 Å². The Morgan fingerprint density at radius 1 is 1.36 bits per heavy atom. The molecule has 1 aromatic rings. The number of nitrogens with one attached hydrogen (secondary N) is 1. The smallest absolute Gasteiger partial charge is 0.271 e. The van der Waals surface area contributed by atoms with Gasteiger partial charge >= 0.3 is 0 Å². The van der Waals surface area contributed by atoms with Gasteiger partial charge in [-0.25, -0.2) is 0 Å². The highest BCUT2D eigenvalue weighted by Crippen LogP contribution is 2.10. The molecule has 0 aliphatic heterocycles. The lowest BCUT2D eigenvalue weighted by atomic mass is 10.1. The first-order valence-corrected chi connectivity index (χ1v) is 3.20. The van der Waals surface area contributed by atoms with Crippen LogP contribution in [0.15, 0.2) is 30.3 Å². The molecule has 1 radical (unpaired) electrons. The molecular weight excluding hydrogens is 142 g/mol. The number of hydrogen-bond donors (Lipinski definition) is 1. The van der Waals surface area contributed by atoms with E-state index in [0.29, 0.717) is 5.56 Å². The van der Waals surface area contributed by atoms with Gasteiger partial charge in [0.25, 0.3) is 5.91 Å². The summed E-state index contributed by atoms with van der Waals surface area (Å²) in [5.41, 5.74) is 7.10. The maximum absolute atomic E-state index is 10.4. The van der Waals surface area contributed by atoms with Crippen LogP contribution in [0.1, 0.15) is 11.7 Å². The zero-order chi connectivity index (χ0) is 8.27. The van der Waals surface area contributed by atoms with Crippen molar-refractivity contribution < 1.29 is 9.90 Å². The summed E-state index contributed by atoms with van der Waals surface area (Å²) in [6, 6.07) is 8.42. The molecule has 0 unspecified atom stereocenters. The molecule has 0 spiro atoms. The van der Waals surface area contributed by atoms with Crippen molar-refractivity contribution in [1.82, 2.24) is 5.73 Å². The number of carbonyl (C=O) groups is 1. The number of amides is 1. The quantitative estimate of drug-likeness (QED) is 0.668. The van der Waals surface area contributed by atoms with Gasteiger partial charge in [-0.3, -0.25) is 10.5 Å². The lowest BCUT2D eigenvalue weighted by molar-refractivity contribution is -0.126. The second-order valence-electron chi connectivity index (χ2n) is 2.18. The summed E-state index contributed by atoms with van der Waals surface area (Å²) < 4.78 is 0. The van der Waals surface area contributed by atoms with Crippen LogP contribution in [0, 0.1) is 0 Å². The maximum atomic E-state index is 10.4. The van der Waals surface area contributed by atoms with Gasteiger partial charge < -0.3 is 5.11 Å². The molecule has 0 aromatic heterocycles. The summed E-state index contributed by atoms with van der Waals surface area (Å²) in [4.78, 5) is 10.4. The third-order valence-corrected chi connectivity index (χ3v) is 1.36. The average molecular weight is 150 g/mol. The molecule has 1 aromatic carbocycles. The first-order valence-electron chi connectivity index (χ1n) is 3.20.